The zero-order valence-corrected chi connectivity index (χ0v) is 15.2. The minimum absolute atomic E-state index is 0.0355. The van der Waals surface area contributed by atoms with Crippen molar-refractivity contribution in [1.29, 1.82) is 0 Å². The van der Waals surface area contributed by atoms with Gasteiger partial charge in [0.25, 0.3) is 0 Å². The van der Waals surface area contributed by atoms with Crippen molar-refractivity contribution in [3.63, 3.8) is 0 Å². The summed E-state index contributed by atoms with van der Waals surface area (Å²) in [6.45, 7) is 3.99. The van der Waals surface area contributed by atoms with Crippen molar-refractivity contribution in [2.24, 2.45) is 0 Å². The van der Waals surface area contributed by atoms with Crippen molar-refractivity contribution in [2.45, 2.75) is 19.5 Å². The number of aromatic nitrogens is 1. The summed E-state index contributed by atoms with van der Waals surface area (Å²) < 4.78 is 15.3. The van der Waals surface area contributed by atoms with Crippen molar-refractivity contribution in [3.8, 4) is 0 Å². The Labute approximate surface area is 158 Å². The van der Waals surface area contributed by atoms with E-state index in [9.17, 15) is 9.18 Å². The standard InChI is InChI=1S/C22H22FN3O/c1-16-4-6-17(7-5-16)22-20-3-2-12-25(20)13-14-26(22)15-21(27)24-19-10-8-18(23)9-11-19/h2-12,22H,13-15H2,1H3,(H,24,27)/t22-/m1/s1. The van der Waals surface area contributed by atoms with Crippen molar-refractivity contribution in [2.75, 3.05) is 18.4 Å². The van der Waals surface area contributed by atoms with Gasteiger partial charge in [-0.1, -0.05) is 29.8 Å². The average molecular weight is 363 g/mol. The van der Waals surface area contributed by atoms with Crippen LogP contribution in [-0.2, 0) is 11.3 Å². The Kier molecular flexibility index (Phi) is 4.77. The third kappa shape index (κ3) is 3.78. The molecule has 1 aliphatic rings. The lowest BCUT2D eigenvalue weighted by atomic mass is 9.99. The van der Waals surface area contributed by atoms with E-state index in [1.54, 1.807) is 12.1 Å². The molecule has 1 atom stereocenters. The van der Waals surface area contributed by atoms with Crippen LogP contribution in [0.15, 0.2) is 66.9 Å². The quantitative estimate of drug-likeness (QED) is 0.761. The molecule has 3 aromatic rings. The Morgan fingerprint density at radius 3 is 2.56 bits per heavy atom. The molecule has 4 rings (SSSR count). The van der Waals surface area contributed by atoms with Gasteiger partial charge >= 0.3 is 0 Å². The third-order valence-corrected chi connectivity index (χ3v) is 5.01. The van der Waals surface area contributed by atoms with E-state index >= 15 is 0 Å². The summed E-state index contributed by atoms with van der Waals surface area (Å²) in [7, 11) is 0. The third-order valence-electron chi connectivity index (χ3n) is 5.01. The second kappa shape index (κ2) is 7.37. The fourth-order valence-electron chi connectivity index (χ4n) is 3.65. The predicted molar refractivity (Wildman–Crippen MR) is 104 cm³/mol. The predicted octanol–water partition coefficient (Wildman–Crippen LogP) is 3.98. The molecule has 0 unspecified atom stereocenters. The molecule has 1 aliphatic heterocycles. The van der Waals surface area contributed by atoms with Gasteiger partial charge in [0.1, 0.15) is 5.82 Å². The van der Waals surface area contributed by atoms with Crippen LogP contribution in [0.4, 0.5) is 10.1 Å². The number of carbonyl (C=O) groups excluding carboxylic acids is 1. The van der Waals surface area contributed by atoms with Gasteiger partial charge in [0.15, 0.2) is 0 Å². The second-order valence-electron chi connectivity index (χ2n) is 6.97. The van der Waals surface area contributed by atoms with Crippen LogP contribution in [0.3, 0.4) is 0 Å². The molecule has 1 N–H and O–H groups in total. The summed E-state index contributed by atoms with van der Waals surface area (Å²) >= 11 is 0. The molecular formula is C22H22FN3O. The number of amides is 1. The molecule has 0 aliphatic carbocycles. The average Bonchev–Trinajstić information content (AvgIpc) is 3.13. The highest BCUT2D eigenvalue weighted by atomic mass is 19.1. The lowest BCUT2D eigenvalue weighted by molar-refractivity contribution is -0.117. The van der Waals surface area contributed by atoms with Crippen molar-refractivity contribution < 1.29 is 9.18 Å². The lowest BCUT2D eigenvalue weighted by Crippen LogP contribution is -2.42. The Hall–Kier alpha value is -2.92. The van der Waals surface area contributed by atoms with Gasteiger partial charge in [-0.2, -0.15) is 0 Å². The molecule has 1 amide bonds. The highest BCUT2D eigenvalue weighted by molar-refractivity contribution is 5.92. The smallest absolute Gasteiger partial charge is 0.238 e. The van der Waals surface area contributed by atoms with Crippen molar-refractivity contribution in [3.05, 3.63) is 89.5 Å². The maximum Gasteiger partial charge on any atom is 0.238 e. The van der Waals surface area contributed by atoms with Crippen LogP contribution in [0, 0.1) is 12.7 Å². The van der Waals surface area contributed by atoms with Gasteiger partial charge in [0.2, 0.25) is 5.91 Å². The molecule has 0 fully saturated rings. The summed E-state index contributed by atoms with van der Waals surface area (Å²) in [4.78, 5) is 14.8. The van der Waals surface area contributed by atoms with Crippen LogP contribution in [0.1, 0.15) is 22.9 Å². The molecule has 4 nitrogen and oxygen atoms in total. The SMILES string of the molecule is Cc1ccc([C@@H]2c3cccn3CCN2CC(=O)Nc2ccc(F)cc2)cc1. The fourth-order valence-corrected chi connectivity index (χ4v) is 3.65. The van der Waals surface area contributed by atoms with Crippen LogP contribution >= 0.6 is 0 Å². The fraction of sp³-hybridized carbons (Fsp3) is 0.227. The van der Waals surface area contributed by atoms with Gasteiger partial charge in [0.05, 0.1) is 12.6 Å². The zero-order valence-electron chi connectivity index (χ0n) is 15.2. The first kappa shape index (κ1) is 17.5. The van der Waals surface area contributed by atoms with E-state index in [-0.39, 0.29) is 24.3 Å². The number of hydrogen-bond donors (Lipinski definition) is 1. The number of carbonyl (C=O) groups is 1. The number of hydrogen-bond acceptors (Lipinski definition) is 2. The maximum absolute atomic E-state index is 13.1. The van der Waals surface area contributed by atoms with E-state index in [0.717, 1.165) is 13.1 Å². The Balaban J connectivity index is 1.56. The number of nitrogens with one attached hydrogen (secondary N) is 1. The second-order valence-corrected chi connectivity index (χ2v) is 6.97. The minimum atomic E-state index is -0.316. The molecule has 0 spiro atoms. The van der Waals surface area contributed by atoms with Gasteiger partial charge in [-0.15, -0.1) is 0 Å². The van der Waals surface area contributed by atoms with Gasteiger partial charge < -0.3 is 9.88 Å². The summed E-state index contributed by atoms with van der Waals surface area (Å²) in [5.74, 6) is -0.414. The van der Waals surface area contributed by atoms with Crippen LogP contribution in [-0.4, -0.2) is 28.5 Å². The van der Waals surface area contributed by atoms with E-state index in [1.165, 1.54) is 29.0 Å². The number of rotatable bonds is 4. The molecule has 5 heteroatoms. The largest absolute Gasteiger partial charge is 0.348 e. The first-order valence-electron chi connectivity index (χ1n) is 9.11. The van der Waals surface area contributed by atoms with Gasteiger partial charge in [0, 0.05) is 30.7 Å². The van der Waals surface area contributed by atoms with Gasteiger partial charge in [-0.05, 0) is 48.9 Å². The minimum Gasteiger partial charge on any atom is -0.348 e. The molecule has 0 saturated heterocycles. The number of anilines is 1. The summed E-state index contributed by atoms with van der Waals surface area (Å²) in [5, 5.41) is 2.86. The molecule has 0 saturated carbocycles. The van der Waals surface area contributed by atoms with E-state index in [0.29, 0.717) is 5.69 Å². The molecular weight excluding hydrogens is 341 g/mol. The topological polar surface area (TPSA) is 37.3 Å². The number of halogens is 1. The van der Waals surface area contributed by atoms with Gasteiger partial charge in [-0.25, -0.2) is 4.39 Å². The highest BCUT2D eigenvalue weighted by Gasteiger charge is 2.30. The molecule has 2 aromatic carbocycles. The monoisotopic (exact) mass is 363 g/mol. The molecule has 0 bridgehead atoms. The Morgan fingerprint density at radius 2 is 1.81 bits per heavy atom. The molecule has 2 heterocycles. The maximum atomic E-state index is 13.1. The van der Waals surface area contributed by atoms with Crippen molar-refractivity contribution >= 4 is 11.6 Å². The number of fused-ring (bicyclic) bond motifs is 1. The number of nitrogens with zero attached hydrogens (tertiary/aromatic N) is 2. The number of aryl methyl sites for hydroxylation is 1. The van der Waals surface area contributed by atoms with E-state index < -0.39 is 0 Å². The van der Waals surface area contributed by atoms with Crippen molar-refractivity contribution in [1.82, 2.24) is 9.47 Å². The lowest BCUT2D eigenvalue weighted by Gasteiger charge is -2.37. The highest BCUT2D eigenvalue weighted by Crippen LogP contribution is 2.32. The molecule has 0 radical (unpaired) electrons. The molecule has 27 heavy (non-hydrogen) atoms. The zero-order chi connectivity index (χ0) is 18.8. The van der Waals surface area contributed by atoms with E-state index in [2.05, 4.69) is 64.3 Å². The van der Waals surface area contributed by atoms with E-state index in [1.807, 2.05) is 0 Å². The summed E-state index contributed by atoms with van der Waals surface area (Å²) in [5.41, 5.74) is 4.19. The first-order valence-corrected chi connectivity index (χ1v) is 9.11. The summed E-state index contributed by atoms with van der Waals surface area (Å²) in [6.07, 6.45) is 2.09. The summed E-state index contributed by atoms with van der Waals surface area (Å²) in [6, 6.07) is 18.5. The van der Waals surface area contributed by atoms with Crippen LogP contribution in [0.2, 0.25) is 0 Å². The normalized spacial score (nSPS) is 16.7. The van der Waals surface area contributed by atoms with Gasteiger partial charge in [-0.3, -0.25) is 9.69 Å². The van der Waals surface area contributed by atoms with Crippen LogP contribution in [0.25, 0.3) is 0 Å². The van der Waals surface area contributed by atoms with Crippen LogP contribution in [0.5, 0.6) is 0 Å². The Morgan fingerprint density at radius 1 is 1.07 bits per heavy atom. The first-order chi connectivity index (χ1) is 13.1. The molecule has 1 aromatic heterocycles. The van der Waals surface area contributed by atoms with Crippen LogP contribution < -0.4 is 5.32 Å². The Bertz CT molecular complexity index is 931. The number of benzene rings is 2. The van der Waals surface area contributed by atoms with E-state index in [4.69, 9.17) is 0 Å². The molecule has 138 valence electrons.